The summed E-state index contributed by atoms with van der Waals surface area (Å²) in [4.78, 5) is 31.5. The van der Waals surface area contributed by atoms with Crippen LogP contribution in [0, 0.1) is 0 Å². The van der Waals surface area contributed by atoms with Crippen LogP contribution in [0.4, 0.5) is 0 Å². The molecule has 2 aromatic rings. The first kappa shape index (κ1) is 20.8. The highest BCUT2D eigenvalue weighted by Gasteiger charge is 2.29. The molecule has 148 valence electrons. The Morgan fingerprint density at radius 1 is 0.679 bits per heavy atom. The summed E-state index contributed by atoms with van der Waals surface area (Å²) in [6.45, 7) is 6.33. The van der Waals surface area contributed by atoms with E-state index in [1.807, 2.05) is 84.3 Å². The van der Waals surface area contributed by atoms with Gasteiger partial charge in [-0.3, -0.25) is 9.59 Å². The van der Waals surface area contributed by atoms with Gasteiger partial charge >= 0.3 is 0 Å². The SMILES string of the molecule is C[C@@H](Sc1ccccc1)C(=O)N1CCN(C(=O)[C@@H](C)Sc2ccccc2)CC1. The minimum absolute atomic E-state index is 0.128. The van der Waals surface area contributed by atoms with Crippen molar-refractivity contribution in [2.75, 3.05) is 26.2 Å². The molecule has 1 heterocycles. The third-order valence-corrected chi connectivity index (χ3v) is 6.91. The van der Waals surface area contributed by atoms with Crippen molar-refractivity contribution in [3.8, 4) is 0 Å². The molecule has 1 aliphatic heterocycles. The molecule has 0 spiro atoms. The molecule has 28 heavy (non-hydrogen) atoms. The fourth-order valence-electron chi connectivity index (χ4n) is 3.17. The molecule has 1 aliphatic rings. The number of thioether (sulfide) groups is 2. The zero-order valence-corrected chi connectivity index (χ0v) is 17.9. The number of rotatable bonds is 6. The fourth-order valence-corrected chi connectivity index (χ4v) is 5.11. The zero-order valence-electron chi connectivity index (χ0n) is 16.3. The molecule has 4 nitrogen and oxygen atoms in total. The molecular formula is C22H26N2O2S2. The number of nitrogens with zero attached hydrogens (tertiary/aromatic N) is 2. The zero-order chi connectivity index (χ0) is 19.9. The lowest BCUT2D eigenvalue weighted by Gasteiger charge is -2.36. The summed E-state index contributed by atoms with van der Waals surface area (Å²) in [6.07, 6.45) is 0. The van der Waals surface area contributed by atoms with Crippen LogP contribution in [0.5, 0.6) is 0 Å². The number of carbonyl (C=O) groups excluding carboxylic acids is 2. The molecule has 0 radical (unpaired) electrons. The van der Waals surface area contributed by atoms with Crippen molar-refractivity contribution < 1.29 is 9.59 Å². The lowest BCUT2D eigenvalue weighted by atomic mass is 10.2. The Hall–Kier alpha value is -1.92. The van der Waals surface area contributed by atoms with Crippen molar-refractivity contribution in [2.24, 2.45) is 0 Å². The minimum Gasteiger partial charge on any atom is -0.338 e. The first-order chi connectivity index (χ1) is 13.5. The van der Waals surface area contributed by atoms with Gasteiger partial charge in [-0.25, -0.2) is 0 Å². The molecule has 2 aromatic carbocycles. The van der Waals surface area contributed by atoms with Crippen molar-refractivity contribution in [3.63, 3.8) is 0 Å². The molecule has 6 heteroatoms. The second kappa shape index (κ2) is 10.0. The molecule has 1 fully saturated rings. The van der Waals surface area contributed by atoms with Gasteiger partial charge in [0.05, 0.1) is 10.5 Å². The molecule has 3 rings (SSSR count). The largest absolute Gasteiger partial charge is 0.338 e. The molecule has 0 aromatic heterocycles. The highest BCUT2D eigenvalue weighted by molar-refractivity contribution is 8.00. The van der Waals surface area contributed by atoms with Crippen LogP contribution in [0.1, 0.15) is 13.8 Å². The van der Waals surface area contributed by atoms with Crippen LogP contribution in [0.3, 0.4) is 0 Å². The van der Waals surface area contributed by atoms with Crippen LogP contribution in [-0.4, -0.2) is 58.3 Å². The van der Waals surface area contributed by atoms with Gasteiger partial charge in [-0.1, -0.05) is 36.4 Å². The van der Waals surface area contributed by atoms with Gasteiger partial charge < -0.3 is 9.80 Å². The summed E-state index contributed by atoms with van der Waals surface area (Å²) in [6, 6.07) is 20.0. The van der Waals surface area contributed by atoms with Gasteiger partial charge in [-0.05, 0) is 38.1 Å². The van der Waals surface area contributed by atoms with Crippen molar-refractivity contribution in [1.82, 2.24) is 9.80 Å². The van der Waals surface area contributed by atoms with Gasteiger partial charge in [-0.15, -0.1) is 23.5 Å². The summed E-state index contributed by atoms with van der Waals surface area (Å²) < 4.78 is 0. The molecule has 1 saturated heterocycles. The van der Waals surface area contributed by atoms with Crippen LogP contribution in [0.25, 0.3) is 0 Å². The molecule has 0 bridgehead atoms. The topological polar surface area (TPSA) is 40.6 Å². The lowest BCUT2D eigenvalue weighted by Crippen LogP contribution is -2.53. The van der Waals surface area contributed by atoms with E-state index in [1.165, 1.54) is 0 Å². The van der Waals surface area contributed by atoms with Gasteiger partial charge in [0.15, 0.2) is 0 Å². The van der Waals surface area contributed by atoms with Gasteiger partial charge in [0, 0.05) is 36.0 Å². The van der Waals surface area contributed by atoms with Gasteiger partial charge in [-0.2, -0.15) is 0 Å². The average Bonchev–Trinajstić information content (AvgIpc) is 2.74. The highest BCUT2D eigenvalue weighted by atomic mass is 32.2. The predicted molar refractivity (Wildman–Crippen MR) is 117 cm³/mol. The predicted octanol–water partition coefficient (Wildman–Crippen LogP) is 4.02. The minimum atomic E-state index is -0.128. The Labute approximate surface area is 175 Å². The molecule has 0 saturated carbocycles. The second-order valence-electron chi connectivity index (χ2n) is 6.80. The van der Waals surface area contributed by atoms with E-state index in [0.717, 1.165) is 9.79 Å². The van der Waals surface area contributed by atoms with Crippen LogP contribution in [0.15, 0.2) is 70.5 Å². The van der Waals surface area contributed by atoms with Crippen molar-refractivity contribution in [2.45, 2.75) is 34.1 Å². The fraction of sp³-hybridized carbons (Fsp3) is 0.364. The van der Waals surface area contributed by atoms with Gasteiger partial charge in [0.25, 0.3) is 0 Å². The average molecular weight is 415 g/mol. The highest BCUT2D eigenvalue weighted by Crippen LogP contribution is 2.26. The standard InChI is InChI=1S/C22H26N2O2S2/c1-17(27-19-9-5-3-6-10-19)21(25)23-13-15-24(16-14-23)22(26)18(2)28-20-11-7-4-8-12-20/h3-12,17-18H,13-16H2,1-2H3/t17-,18-/m1/s1. The molecule has 2 atom stereocenters. The number of amides is 2. The van der Waals surface area contributed by atoms with E-state index in [1.54, 1.807) is 23.5 Å². The maximum absolute atomic E-state index is 12.8. The van der Waals surface area contributed by atoms with Crippen LogP contribution in [0.2, 0.25) is 0 Å². The first-order valence-electron chi connectivity index (χ1n) is 9.55. The Balaban J connectivity index is 1.48. The van der Waals surface area contributed by atoms with Crippen LogP contribution >= 0.6 is 23.5 Å². The Kier molecular flexibility index (Phi) is 7.45. The van der Waals surface area contributed by atoms with Crippen molar-refractivity contribution in [3.05, 3.63) is 60.7 Å². The van der Waals surface area contributed by atoms with E-state index in [0.29, 0.717) is 26.2 Å². The van der Waals surface area contributed by atoms with E-state index in [4.69, 9.17) is 0 Å². The van der Waals surface area contributed by atoms with E-state index < -0.39 is 0 Å². The molecular weight excluding hydrogens is 388 g/mol. The van der Waals surface area contributed by atoms with E-state index in [2.05, 4.69) is 0 Å². The summed E-state index contributed by atoms with van der Waals surface area (Å²) in [7, 11) is 0. The van der Waals surface area contributed by atoms with Crippen molar-refractivity contribution in [1.29, 1.82) is 0 Å². The summed E-state index contributed by atoms with van der Waals surface area (Å²) in [5.74, 6) is 0.292. The third-order valence-electron chi connectivity index (χ3n) is 4.71. The number of benzene rings is 2. The summed E-state index contributed by atoms with van der Waals surface area (Å²) in [5.41, 5.74) is 0. The Morgan fingerprint density at radius 3 is 1.32 bits per heavy atom. The summed E-state index contributed by atoms with van der Waals surface area (Å²) >= 11 is 3.17. The van der Waals surface area contributed by atoms with E-state index in [9.17, 15) is 9.59 Å². The Morgan fingerprint density at radius 2 is 1.00 bits per heavy atom. The summed E-state index contributed by atoms with van der Waals surface area (Å²) in [5, 5.41) is -0.255. The van der Waals surface area contributed by atoms with E-state index >= 15 is 0 Å². The van der Waals surface area contributed by atoms with Gasteiger partial charge in [0.2, 0.25) is 11.8 Å². The van der Waals surface area contributed by atoms with E-state index in [-0.39, 0.29) is 22.3 Å². The first-order valence-corrected chi connectivity index (χ1v) is 11.3. The van der Waals surface area contributed by atoms with Crippen LogP contribution in [-0.2, 0) is 9.59 Å². The maximum Gasteiger partial charge on any atom is 0.235 e. The number of hydrogen-bond acceptors (Lipinski definition) is 4. The number of piperazine rings is 1. The second-order valence-corrected chi connectivity index (χ2v) is 9.63. The van der Waals surface area contributed by atoms with Crippen molar-refractivity contribution >= 4 is 35.3 Å². The maximum atomic E-state index is 12.8. The quantitative estimate of drug-likeness (QED) is 0.670. The smallest absolute Gasteiger partial charge is 0.235 e. The normalized spacial score (nSPS) is 16.5. The van der Waals surface area contributed by atoms with Crippen LogP contribution < -0.4 is 0 Å². The number of carbonyl (C=O) groups is 2. The third kappa shape index (κ3) is 5.55. The lowest BCUT2D eigenvalue weighted by molar-refractivity contribution is -0.138. The molecule has 2 amide bonds. The Bertz CT molecular complexity index is 710. The number of hydrogen-bond donors (Lipinski definition) is 0. The molecule has 0 unspecified atom stereocenters. The monoisotopic (exact) mass is 414 g/mol. The molecule has 0 aliphatic carbocycles. The van der Waals surface area contributed by atoms with Gasteiger partial charge in [0.1, 0.15) is 0 Å². The molecule has 0 N–H and O–H groups in total.